The lowest BCUT2D eigenvalue weighted by Gasteiger charge is -2.20. The van der Waals surface area contributed by atoms with Crippen LogP contribution in [-0.4, -0.2) is 24.4 Å². The van der Waals surface area contributed by atoms with E-state index in [1.807, 2.05) is 6.92 Å². The van der Waals surface area contributed by atoms with Crippen molar-refractivity contribution in [1.29, 1.82) is 5.26 Å². The summed E-state index contributed by atoms with van der Waals surface area (Å²) in [6, 6.07) is 2.08. The fourth-order valence-corrected chi connectivity index (χ4v) is 1.36. The van der Waals surface area contributed by atoms with Gasteiger partial charge in [0.25, 0.3) is 0 Å². The van der Waals surface area contributed by atoms with Gasteiger partial charge in [0.15, 0.2) is 0 Å². The van der Waals surface area contributed by atoms with E-state index in [9.17, 15) is 4.79 Å². The summed E-state index contributed by atoms with van der Waals surface area (Å²) in [5.41, 5.74) is 0. The zero-order valence-electron chi connectivity index (χ0n) is 10.3. The summed E-state index contributed by atoms with van der Waals surface area (Å²) in [5.74, 6) is 0.110. The number of hydrogen-bond acceptors (Lipinski definition) is 2. The average molecular weight is 210 g/mol. The Kier molecular flexibility index (Phi) is 6.77. The number of rotatable bonds is 6. The van der Waals surface area contributed by atoms with Crippen LogP contribution >= 0.6 is 0 Å². The largest absolute Gasteiger partial charge is 0.345 e. The van der Waals surface area contributed by atoms with Crippen LogP contribution in [0.5, 0.6) is 0 Å². The summed E-state index contributed by atoms with van der Waals surface area (Å²) in [6.07, 6.45) is 2.54. The molecule has 1 unspecified atom stereocenters. The van der Waals surface area contributed by atoms with Crippen LogP contribution < -0.4 is 0 Å². The predicted molar refractivity (Wildman–Crippen MR) is 61.1 cm³/mol. The first-order chi connectivity index (χ1) is 7.02. The van der Waals surface area contributed by atoms with Gasteiger partial charge in [-0.3, -0.25) is 4.79 Å². The molecule has 0 fully saturated rings. The van der Waals surface area contributed by atoms with Gasteiger partial charge in [0.2, 0.25) is 5.91 Å². The minimum Gasteiger partial charge on any atom is -0.345 e. The molecule has 1 amide bonds. The third-order valence-electron chi connectivity index (χ3n) is 2.45. The van der Waals surface area contributed by atoms with Gasteiger partial charge in [0, 0.05) is 13.6 Å². The van der Waals surface area contributed by atoms with Gasteiger partial charge in [-0.25, -0.2) is 0 Å². The Morgan fingerprint density at radius 1 is 1.40 bits per heavy atom. The van der Waals surface area contributed by atoms with Crippen molar-refractivity contribution in [2.75, 3.05) is 13.6 Å². The smallest absolute Gasteiger partial charge is 0.239 e. The Morgan fingerprint density at radius 2 is 2.00 bits per heavy atom. The number of nitriles is 1. The van der Waals surface area contributed by atoms with Crippen LogP contribution in [0.25, 0.3) is 0 Å². The lowest BCUT2D eigenvalue weighted by molar-refractivity contribution is -0.132. The van der Waals surface area contributed by atoms with Crippen LogP contribution in [0.15, 0.2) is 0 Å². The van der Waals surface area contributed by atoms with Gasteiger partial charge in [-0.15, -0.1) is 0 Å². The lowest BCUT2D eigenvalue weighted by Crippen LogP contribution is -2.33. The van der Waals surface area contributed by atoms with E-state index in [2.05, 4.69) is 19.9 Å². The third-order valence-corrected chi connectivity index (χ3v) is 2.45. The van der Waals surface area contributed by atoms with Crippen LogP contribution in [0.4, 0.5) is 0 Å². The molecule has 3 heteroatoms. The van der Waals surface area contributed by atoms with E-state index < -0.39 is 5.92 Å². The average Bonchev–Trinajstić information content (AvgIpc) is 2.21. The quantitative estimate of drug-likeness (QED) is 0.676. The topological polar surface area (TPSA) is 44.1 Å². The van der Waals surface area contributed by atoms with Crippen molar-refractivity contribution >= 4 is 5.91 Å². The summed E-state index contributed by atoms with van der Waals surface area (Å²) in [5, 5.41) is 8.86. The van der Waals surface area contributed by atoms with Crippen LogP contribution in [0.2, 0.25) is 0 Å². The zero-order valence-corrected chi connectivity index (χ0v) is 10.3. The molecule has 0 aromatic carbocycles. The highest BCUT2D eigenvalue weighted by atomic mass is 16.2. The van der Waals surface area contributed by atoms with Crippen molar-refractivity contribution in [1.82, 2.24) is 4.90 Å². The van der Waals surface area contributed by atoms with Gasteiger partial charge in [-0.1, -0.05) is 27.2 Å². The molecule has 0 saturated heterocycles. The first-order valence-corrected chi connectivity index (χ1v) is 5.67. The van der Waals surface area contributed by atoms with Gasteiger partial charge >= 0.3 is 0 Å². The summed E-state index contributed by atoms with van der Waals surface area (Å²) in [4.78, 5) is 13.5. The third kappa shape index (κ3) is 5.41. The van der Waals surface area contributed by atoms with Crippen molar-refractivity contribution in [3.8, 4) is 6.07 Å². The molecule has 15 heavy (non-hydrogen) atoms. The van der Waals surface area contributed by atoms with Gasteiger partial charge < -0.3 is 4.90 Å². The molecule has 1 atom stereocenters. The molecule has 0 saturated carbocycles. The van der Waals surface area contributed by atoms with E-state index in [-0.39, 0.29) is 5.91 Å². The first-order valence-electron chi connectivity index (χ1n) is 5.67. The number of carbonyl (C=O) groups excluding carboxylic acids is 1. The molecule has 86 valence electrons. The number of amides is 1. The highest BCUT2D eigenvalue weighted by molar-refractivity contribution is 5.80. The summed E-state index contributed by atoms with van der Waals surface area (Å²) < 4.78 is 0. The highest BCUT2D eigenvalue weighted by Crippen LogP contribution is 2.10. The normalized spacial score (nSPS) is 12.3. The standard InChI is InChI=1S/C12H22N2O/c1-5-6-11(9-13)12(15)14(4)8-7-10(2)3/h10-11H,5-8H2,1-4H3. The van der Waals surface area contributed by atoms with E-state index >= 15 is 0 Å². The van der Waals surface area contributed by atoms with E-state index in [0.29, 0.717) is 12.3 Å². The molecule has 0 N–H and O–H groups in total. The van der Waals surface area contributed by atoms with E-state index in [0.717, 1.165) is 19.4 Å². The second-order valence-corrected chi connectivity index (χ2v) is 4.41. The molecule has 0 heterocycles. The summed E-state index contributed by atoms with van der Waals surface area (Å²) in [6.45, 7) is 7.00. The van der Waals surface area contributed by atoms with Crippen molar-refractivity contribution in [2.24, 2.45) is 11.8 Å². The van der Waals surface area contributed by atoms with E-state index in [1.165, 1.54) is 0 Å². The molecule has 0 bridgehead atoms. The van der Waals surface area contributed by atoms with Gasteiger partial charge in [0.1, 0.15) is 5.92 Å². The van der Waals surface area contributed by atoms with Crippen LogP contribution in [-0.2, 0) is 4.79 Å². The molecule has 0 aliphatic rings. The highest BCUT2D eigenvalue weighted by Gasteiger charge is 2.20. The Balaban J connectivity index is 4.11. The Labute approximate surface area is 93.1 Å². The van der Waals surface area contributed by atoms with Crippen molar-refractivity contribution in [3.05, 3.63) is 0 Å². The molecule has 0 radical (unpaired) electrons. The van der Waals surface area contributed by atoms with Crippen molar-refractivity contribution in [2.45, 2.75) is 40.0 Å². The zero-order chi connectivity index (χ0) is 11.8. The van der Waals surface area contributed by atoms with Gasteiger partial charge in [-0.05, 0) is 18.8 Å². The van der Waals surface area contributed by atoms with Gasteiger partial charge in [0.05, 0.1) is 6.07 Å². The number of hydrogen-bond donors (Lipinski definition) is 0. The first kappa shape index (κ1) is 14.0. The SMILES string of the molecule is CCCC(C#N)C(=O)N(C)CCC(C)C. The number of nitrogens with zero attached hydrogens (tertiary/aromatic N) is 2. The maximum Gasteiger partial charge on any atom is 0.239 e. The molecule has 0 aromatic heterocycles. The molecule has 0 rings (SSSR count). The second kappa shape index (κ2) is 7.28. The molecule has 0 aromatic rings. The maximum atomic E-state index is 11.8. The molecule has 3 nitrogen and oxygen atoms in total. The molecule has 0 aliphatic heterocycles. The minimum atomic E-state index is -0.452. The molecule has 0 spiro atoms. The van der Waals surface area contributed by atoms with E-state index in [1.54, 1.807) is 11.9 Å². The van der Waals surface area contributed by atoms with Crippen LogP contribution in [0, 0.1) is 23.2 Å². The Hall–Kier alpha value is -1.04. The van der Waals surface area contributed by atoms with E-state index in [4.69, 9.17) is 5.26 Å². The van der Waals surface area contributed by atoms with Crippen LogP contribution in [0.3, 0.4) is 0 Å². The Morgan fingerprint density at radius 3 is 2.40 bits per heavy atom. The van der Waals surface area contributed by atoms with Crippen molar-refractivity contribution in [3.63, 3.8) is 0 Å². The predicted octanol–water partition coefficient (Wildman–Crippen LogP) is 2.43. The van der Waals surface area contributed by atoms with Crippen LogP contribution in [0.1, 0.15) is 40.0 Å². The maximum absolute atomic E-state index is 11.8. The minimum absolute atomic E-state index is 0.0278. The summed E-state index contributed by atoms with van der Waals surface area (Å²) >= 11 is 0. The van der Waals surface area contributed by atoms with Crippen molar-refractivity contribution < 1.29 is 4.79 Å². The Bertz CT molecular complexity index is 230. The second-order valence-electron chi connectivity index (χ2n) is 4.41. The fraction of sp³-hybridized carbons (Fsp3) is 0.833. The number of carbonyl (C=O) groups is 1. The summed E-state index contributed by atoms with van der Waals surface area (Å²) in [7, 11) is 1.78. The molecule has 0 aliphatic carbocycles. The lowest BCUT2D eigenvalue weighted by atomic mass is 10.0. The molecular weight excluding hydrogens is 188 g/mol. The fourth-order valence-electron chi connectivity index (χ4n) is 1.36. The van der Waals surface area contributed by atoms with Gasteiger partial charge in [-0.2, -0.15) is 5.26 Å². The monoisotopic (exact) mass is 210 g/mol. The molecular formula is C12H22N2O.